The Morgan fingerprint density at radius 1 is 1.24 bits per heavy atom. The van der Waals surface area contributed by atoms with Crippen molar-refractivity contribution in [2.24, 2.45) is 0 Å². The van der Waals surface area contributed by atoms with Crippen LogP contribution in [0.3, 0.4) is 0 Å². The van der Waals surface area contributed by atoms with Crippen molar-refractivity contribution in [1.82, 2.24) is 5.16 Å². The lowest BCUT2D eigenvalue weighted by molar-refractivity contribution is 0.422. The molecule has 0 saturated heterocycles. The fraction of sp³-hybridized carbons (Fsp3) is 0.308. The molecule has 3 nitrogen and oxygen atoms in total. The minimum absolute atomic E-state index is 0.249. The lowest BCUT2D eigenvalue weighted by Crippen LogP contribution is -2.01. The Labute approximate surface area is 99.6 Å². The number of benzene rings is 1. The Morgan fingerprint density at radius 2 is 2.18 bits per heavy atom. The van der Waals surface area contributed by atoms with Crippen molar-refractivity contribution in [1.29, 1.82) is 0 Å². The van der Waals surface area contributed by atoms with Crippen LogP contribution in [0, 0.1) is 0 Å². The topological polar surface area (TPSA) is 38.1 Å². The molecule has 90 valence electrons. The van der Waals surface area contributed by atoms with Crippen LogP contribution in [0.1, 0.15) is 12.8 Å². The van der Waals surface area contributed by atoms with Crippen LogP contribution in [-0.4, -0.2) is 18.4 Å². The van der Waals surface area contributed by atoms with E-state index in [2.05, 4.69) is 10.5 Å². The van der Waals surface area contributed by atoms with Crippen molar-refractivity contribution < 1.29 is 8.91 Å². The maximum atomic E-state index is 11.9. The zero-order valence-electron chi connectivity index (χ0n) is 9.53. The number of anilines is 1. The lowest BCUT2D eigenvalue weighted by atomic mass is 10.1. The summed E-state index contributed by atoms with van der Waals surface area (Å²) in [6.45, 7) is 0.535. The highest BCUT2D eigenvalue weighted by atomic mass is 19.1. The standard InChI is InChI=1S/C13H15FN2O/c14-7-1-2-8-15-12-5-3-4-11(10-12)13-6-9-17-16-13/h3-6,9-10,15H,1-2,7-8H2. The normalized spacial score (nSPS) is 10.4. The molecule has 0 bridgehead atoms. The molecule has 2 rings (SSSR count). The van der Waals surface area contributed by atoms with E-state index < -0.39 is 0 Å². The Hall–Kier alpha value is -1.84. The van der Waals surface area contributed by atoms with E-state index in [4.69, 9.17) is 4.52 Å². The summed E-state index contributed by atoms with van der Waals surface area (Å²) in [5, 5.41) is 7.14. The van der Waals surface area contributed by atoms with E-state index in [1.54, 1.807) is 6.26 Å². The van der Waals surface area contributed by atoms with Gasteiger partial charge in [-0.05, 0) is 25.0 Å². The van der Waals surface area contributed by atoms with E-state index in [0.717, 1.165) is 29.9 Å². The molecule has 0 atom stereocenters. The summed E-state index contributed by atoms with van der Waals surface area (Å²) in [7, 11) is 0. The van der Waals surface area contributed by atoms with Crippen LogP contribution in [0.5, 0.6) is 0 Å². The van der Waals surface area contributed by atoms with Gasteiger partial charge in [-0.25, -0.2) is 0 Å². The van der Waals surface area contributed by atoms with Crippen molar-refractivity contribution in [2.45, 2.75) is 12.8 Å². The summed E-state index contributed by atoms with van der Waals surface area (Å²) in [6, 6.07) is 9.75. The number of halogens is 1. The SMILES string of the molecule is FCCCCNc1cccc(-c2ccon2)c1. The number of hydrogen-bond donors (Lipinski definition) is 1. The highest BCUT2D eigenvalue weighted by Crippen LogP contribution is 2.20. The summed E-state index contributed by atoms with van der Waals surface area (Å²) in [4.78, 5) is 0. The molecule has 0 unspecified atom stereocenters. The van der Waals surface area contributed by atoms with Gasteiger partial charge in [-0.2, -0.15) is 0 Å². The Balaban J connectivity index is 1.97. The van der Waals surface area contributed by atoms with Crippen LogP contribution in [-0.2, 0) is 0 Å². The second-order valence-electron chi connectivity index (χ2n) is 3.79. The third kappa shape index (κ3) is 3.31. The van der Waals surface area contributed by atoms with Gasteiger partial charge in [0, 0.05) is 23.9 Å². The van der Waals surface area contributed by atoms with E-state index >= 15 is 0 Å². The Kier molecular flexibility index (Phi) is 4.13. The van der Waals surface area contributed by atoms with Crippen LogP contribution >= 0.6 is 0 Å². The summed E-state index contributed by atoms with van der Waals surface area (Å²) >= 11 is 0. The van der Waals surface area contributed by atoms with Gasteiger partial charge in [-0.1, -0.05) is 17.3 Å². The first-order valence-corrected chi connectivity index (χ1v) is 5.71. The molecular formula is C13H15FN2O. The molecule has 1 aromatic heterocycles. The van der Waals surface area contributed by atoms with Crippen molar-refractivity contribution in [2.75, 3.05) is 18.5 Å². The first kappa shape index (κ1) is 11.6. The maximum Gasteiger partial charge on any atom is 0.124 e. The largest absolute Gasteiger partial charge is 0.385 e. The van der Waals surface area contributed by atoms with E-state index in [0.29, 0.717) is 6.42 Å². The first-order chi connectivity index (χ1) is 8.40. The Morgan fingerprint density at radius 3 is 2.94 bits per heavy atom. The molecule has 0 aliphatic heterocycles. The lowest BCUT2D eigenvalue weighted by Gasteiger charge is -2.06. The molecule has 0 amide bonds. The highest BCUT2D eigenvalue weighted by Gasteiger charge is 2.01. The number of nitrogens with zero attached hydrogens (tertiary/aromatic N) is 1. The molecule has 0 fully saturated rings. The number of unbranched alkanes of at least 4 members (excludes halogenated alkanes) is 1. The molecule has 1 aromatic carbocycles. The number of hydrogen-bond acceptors (Lipinski definition) is 3. The van der Waals surface area contributed by atoms with Crippen LogP contribution in [0.4, 0.5) is 10.1 Å². The summed E-state index contributed by atoms with van der Waals surface area (Å²) in [5.41, 5.74) is 2.84. The van der Waals surface area contributed by atoms with Crippen LogP contribution in [0.15, 0.2) is 41.1 Å². The van der Waals surface area contributed by atoms with Gasteiger partial charge in [0.15, 0.2) is 0 Å². The van der Waals surface area contributed by atoms with E-state index in [1.165, 1.54) is 0 Å². The molecule has 4 heteroatoms. The zero-order valence-corrected chi connectivity index (χ0v) is 9.53. The smallest absolute Gasteiger partial charge is 0.124 e. The highest BCUT2D eigenvalue weighted by molar-refractivity contribution is 5.64. The fourth-order valence-corrected chi connectivity index (χ4v) is 1.60. The van der Waals surface area contributed by atoms with Gasteiger partial charge in [0.05, 0.1) is 6.67 Å². The van der Waals surface area contributed by atoms with E-state index in [-0.39, 0.29) is 6.67 Å². The average Bonchev–Trinajstić information content (AvgIpc) is 2.89. The van der Waals surface area contributed by atoms with Crippen LogP contribution in [0.2, 0.25) is 0 Å². The third-order valence-corrected chi connectivity index (χ3v) is 2.49. The second-order valence-corrected chi connectivity index (χ2v) is 3.79. The quantitative estimate of drug-likeness (QED) is 0.777. The molecule has 1 heterocycles. The molecule has 1 N–H and O–H groups in total. The third-order valence-electron chi connectivity index (χ3n) is 2.49. The molecule has 0 radical (unpaired) electrons. The monoisotopic (exact) mass is 234 g/mol. The molecule has 0 aliphatic rings. The van der Waals surface area contributed by atoms with E-state index in [1.807, 2.05) is 30.3 Å². The predicted molar refractivity (Wildman–Crippen MR) is 65.6 cm³/mol. The van der Waals surface area contributed by atoms with Crippen molar-refractivity contribution in [3.63, 3.8) is 0 Å². The predicted octanol–water partition coefficient (Wildman–Crippen LogP) is 3.50. The van der Waals surface area contributed by atoms with Crippen molar-refractivity contribution >= 4 is 5.69 Å². The maximum absolute atomic E-state index is 11.9. The zero-order chi connectivity index (χ0) is 11.9. The van der Waals surface area contributed by atoms with Gasteiger partial charge in [0.1, 0.15) is 12.0 Å². The molecule has 0 aliphatic carbocycles. The molecule has 0 saturated carbocycles. The van der Waals surface area contributed by atoms with Gasteiger partial charge < -0.3 is 9.84 Å². The number of aromatic nitrogens is 1. The van der Waals surface area contributed by atoms with Gasteiger partial charge in [0.2, 0.25) is 0 Å². The van der Waals surface area contributed by atoms with Crippen LogP contribution in [0.25, 0.3) is 11.3 Å². The Bertz CT molecular complexity index is 442. The minimum atomic E-state index is -0.249. The van der Waals surface area contributed by atoms with Crippen LogP contribution < -0.4 is 5.32 Å². The van der Waals surface area contributed by atoms with Crippen molar-refractivity contribution in [3.05, 3.63) is 36.6 Å². The van der Waals surface area contributed by atoms with Gasteiger partial charge in [-0.15, -0.1) is 0 Å². The first-order valence-electron chi connectivity index (χ1n) is 5.71. The number of rotatable bonds is 6. The summed E-state index contributed by atoms with van der Waals surface area (Å²) in [5.74, 6) is 0. The number of alkyl halides is 1. The molecule has 2 aromatic rings. The van der Waals surface area contributed by atoms with Gasteiger partial charge in [-0.3, -0.25) is 4.39 Å². The average molecular weight is 234 g/mol. The molecular weight excluding hydrogens is 219 g/mol. The van der Waals surface area contributed by atoms with E-state index in [9.17, 15) is 4.39 Å². The fourth-order valence-electron chi connectivity index (χ4n) is 1.60. The molecule has 0 spiro atoms. The van der Waals surface area contributed by atoms with Gasteiger partial charge >= 0.3 is 0 Å². The second kappa shape index (κ2) is 6.03. The number of nitrogens with one attached hydrogen (secondary N) is 1. The molecule has 17 heavy (non-hydrogen) atoms. The summed E-state index contributed by atoms with van der Waals surface area (Å²) < 4.78 is 16.7. The summed E-state index contributed by atoms with van der Waals surface area (Å²) in [6.07, 6.45) is 3.00. The minimum Gasteiger partial charge on any atom is -0.385 e. The van der Waals surface area contributed by atoms with Gasteiger partial charge in [0.25, 0.3) is 0 Å². The van der Waals surface area contributed by atoms with Crippen molar-refractivity contribution in [3.8, 4) is 11.3 Å².